The van der Waals surface area contributed by atoms with E-state index in [4.69, 9.17) is 10.1 Å². The Labute approximate surface area is 94.0 Å². The van der Waals surface area contributed by atoms with E-state index in [0.717, 1.165) is 11.1 Å². The third-order valence-corrected chi connectivity index (χ3v) is 2.85. The Hall–Kier alpha value is -0.840. The molecule has 82 valence electrons. The molecule has 0 heterocycles. The Morgan fingerprint density at radius 1 is 1.53 bits per heavy atom. The van der Waals surface area contributed by atoms with Crippen LogP contribution < -0.4 is 0 Å². The van der Waals surface area contributed by atoms with Gasteiger partial charge in [-0.15, -0.1) is 11.8 Å². The molecule has 0 aliphatic heterocycles. The van der Waals surface area contributed by atoms with Gasteiger partial charge in [0.2, 0.25) is 0 Å². The quantitative estimate of drug-likeness (QED) is 0.471. The smallest absolute Gasteiger partial charge is 0.180 e. The lowest BCUT2D eigenvalue weighted by molar-refractivity contribution is -0.0769. The van der Waals surface area contributed by atoms with Gasteiger partial charge in [0.15, 0.2) is 6.29 Å². The van der Waals surface area contributed by atoms with Crippen molar-refractivity contribution in [1.29, 1.82) is 5.41 Å². The van der Waals surface area contributed by atoms with Gasteiger partial charge in [-0.3, -0.25) is 5.41 Å². The number of rotatable bonds is 3. The molecule has 0 saturated heterocycles. The lowest BCUT2D eigenvalue weighted by atomic mass is 10.1. The number of aliphatic hydroxyl groups excluding tert-OH is 1. The number of hydrogen-bond acceptors (Lipinski definition) is 4. The van der Waals surface area contributed by atoms with Crippen molar-refractivity contribution in [2.45, 2.75) is 13.2 Å². The van der Waals surface area contributed by atoms with Crippen LogP contribution in [0.1, 0.15) is 23.0 Å². The molecule has 0 fully saturated rings. The number of thioether (sulfide) groups is 1. The van der Waals surface area contributed by atoms with Gasteiger partial charge in [-0.1, -0.05) is 12.1 Å². The first-order valence-electron chi connectivity index (χ1n) is 4.54. The number of hydrogen-bond donors (Lipinski definition) is 2. The Morgan fingerprint density at radius 2 is 2.20 bits per heavy atom. The van der Waals surface area contributed by atoms with Crippen LogP contribution in [0.15, 0.2) is 18.2 Å². The summed E-state index contributed by atoms with van der Waals surface area (Å²) < 4.78 is 4.82. The second-order valence-corrected chi connectivity index (χ2v) is 4.01. The average molecular weight is 225 g/mol. The number of aliphatic hydroxyl groups is 1. The van der Waals surface area contributed by atoms with Crippen LogP contribution in [0.2, 0.25) is 0 Å². The van der Waals surface area contributed by atoms with Crippen molar-refractivity contribution in [3.63, 3.8) is 0 Å². The molecule has 1 atom stereocenters. The lowest BCUT2D eigenvalue weighted by Crippen LogP contribution is -2.03. The van der Waals surface area contributed by atoms with Crippen molar-refractivity contribution < 1.29 is 9.84 Å². The summed E-state index contributed by atoms with van der Waals surface area (Å²) in [4.78, 5) is 0. The second-order valence-electron chi connectivity index (χ2n) is 3.20. The normalized spacial score (nSPS) is 12.5. The summed E-state index contributed by atoms with van der Waals surface area (Å²) in [6.07, 6.45) is 0.945. The molecule has 1 aromatic rings. The third kappa shape index (κ3) is 2.81. The van der Waals surface area contributed by atoms with E-state index in [9.17, 15) is 5.11 Å². The zero-order valence-corrected chi connectivity index (χ0v) is 9.89. The summed E-state index contributed by atoms with van der Waals surface area (Å²) >= 11 is 1.38. The number of nitrogens with one attached hydrogen (secondary N) is 1. The first kappa shape index (κ1) is 12.2. The van der Waals surface area contributed by atoms with Gasteiger partial charge < -0.3 is 9.84 Å². The van der Waals surface area contributed by atoms with Crippen LogP contribution in [0.5, 0.6) is 0 Å². The minimum Gasteiger partial charge on any atom is -0.364 e. The second kappa shape index (κ2) is 5.30. The van der Waals surface area contributed by atoms with E-state index in [-0.39, 0.29) is 0 Å². The van der Waals surface area contributed by atoms with Gasteiger partial charge in [-0.25, -0.2) is 0 Å². The molecule has 0 aliphatic rings. The maximum Gasteiger partial charge on any atom is 0.180 e. The fourth-order valence-corrected chi connectivity index (χ4v) is 1.72. The predicted octanol–water partition coefficient (Wildman–Crippen LogP) is 2.32. The van der Waals surface area contributed by atoms with Crippen molar-refractivity contribution in [2.75, 3.05) is 13.4 Å². The van der Waals surface area contributed by atoms with E-state index < -0.39 is 6.29 Å². The molecule has 0 spiro atoms. The molecule has 0 aromatic heterocycles. The SMILES string of the molecule is COC(O)c1ccc(C)c(C(=N)SC)c1. The molecule has 0 radical (unpaired) electrons. The van der Waals surface area contributed by atoms with E-state index in [1.165, 1.54) is 18.9 Å². The van der Waals surface area contributed by atoms with Crippen molar-refractivity contribution in [2.24, 2.45) is 0 Å². The van der Waals surface area contributed by atoms with Gasteiger partial charge in [0, 0.05) is 18.2 Å². The van der Waals surface area contributed by atoms with Crippen molar-refractivity contribution in [3.8, 4) is 0 Å². The summed E-state index contributed by atoms with van der Waals surface area (Å²) in [7, 11) is 1.45. The first-order valence-corrected chi connectivity index (χ1v) is 5.77. The standard InChI is InChI=1S/C11H15NO2S/c1-7-4-5-8(11(13)14-2)6-9(7)10(12)15-3/h4-6,11-13H,1-3H3. The number of methoxy groups -OCH3 is 1. The van der Waals surface area contributed by atoms with Gasteiger partial charge in [0.1, 0.15) is 0 Å². The molecule has 0 saturated carbocycles. The topological polar surface area (TPSA) is 53.3 Å². The van der Waals surface area contributed by atoms with Crippen LogP contribution in [0.4, 0.5) is 0 Å². The highest BCUT2D eigenvalue weighted by Crippen LogP contribution is 2.20. The van der Waals surface area contributed by atoms with Crippen LogP contribution in [0.25, 0.3) is 0 Å². The molecule has 0 aliphatic carbocycles. The molecule has 3 nitrogen and oxygen atoms in total. The minimum atomic E-state index is -0.918. The molecular formula is C11H15NO2S. The highest BCUT2D eigenvalue weighted by molar-refractivity contribution is 8.13. The summed E-state index contributed by atoms with van der Waals surface area (Å²) in [5.74, 6) is 0. The fourth-order valence-electron chi connectivity index (χ4n) is 1.28. The Morgan fingerprint density at radius 3 is 2.73 bits per heavy atom. The van der Waals surface area contributed by atoms with Gasteiger partial charge >= 0.3 is 0 Å². The lowest BCUT2D eigenvalue weighted by Gasteiger charge is -2.12. The fraction of sp³-hybridized carbons (Fsp3) is 0.364. The zero-order chi connectivity index (χ0) is 11.4. The highest BCUT2D eigenvalue weighted by atomic mass is 32.2. The molecule has 0 amide bonds. The summed E-state index contributed by atoms with van der Waals surface area (Å²) in [5, 5.41) is 17.8. The summed E-state index contributed by atoms with van der Waals surface area (Å²) in [6.45, 7) is 1.95. The van der Waals surface area contributed by atoms with Gasteiger partial charge in [-0.2, -0.15) is 0 Å². The first-order chi connectivity index (χ1) is 7.10. The van der Waals surface area contributed by atoms with Crippen molar-refractivity contribution in [1.82, 2.24) is 0 Å². The van der Waals surface area contributed by atoms with E-state index >= 15 is 0 Å². The maximum absolute atomic E-state index is 9.50. The molecular weight excluding hydrogens is 210 g/mol. The number of benzene rings is 1. The summed E-state index contributed by atoms with van der Waals surface area (Å²) in [5.41, 5.74) is 2.55. The van der Waals surface area contributed by atoms with E-state index in [2.05, 4.69) is 0 Å². The zero-order valence-electron chi connectivity index (χ0n) is 9.07. The van der Waals surface area contributed by atoms with Gasteiger partial charge in [-0.05, 0) is 24.8 Å². The number of aryl methyl sites for hydroxylation is 1. The largest absolute Gasteiger partial charge is 0.364 e. The summed E-state index contributed by atoms with van der Waals surface area (Å²) in [6, 6.07) is 5.49. The van der Waals surface area contributed by atoms with E-state index in [1.807, 2.05) is 19.2 Å². The monoisotopic (exact) mass is 225 g/mol. The van der Waals surface area contributed by atoms with Gasteiger partial charge in [0.05, 0.1) is 5.04 Å². The van der Waals surface area contributed by atoms with Crippen LogP contribution in [0, 0.1) is 12.3 Å². The van der Waals surface area contributed by atoms with Crippen LogP contribution in [-0.2, 0) is 4.74 Å². The van der Waals surface area contributed by atoms with Crippen LogP contribution in [0.3, 0.4) is 0 Å². The maximum atomic E-state index is 9.50. The molecule has 4 heteroatoms. The molecule has 1 unspecified atom stereocenters. The van der Waals surface area contributed by atoms with Gasteiger partial charge in [0.25, 0.3) is 0 Å². The molecule has 15 heavy (non-hydrogen) atoms. The minimum absolute atomic E-state index is 0.498. The average Bonchev–Trinajstić information content (AvgIpc) is 2.27. The van der Waals surface area contributed by atoms with Crippen molar-refractivity contribution in [3.05, 3.63) is 34.9 Å². The van der Waals surface area contributed by atoms with E-state index in [0.29, 0.717) is 10.6 Å². The third-order valence-electron chi connectivity index (χ3n) is 2.22. The van der Waals surface area contributed by atoms with Crippen LogP contribution >= 0.6 is 11.8 Å². The predicted molar refractivity (Wildman–Crippen MR) is 63.5 cm³/mol. The highest BCUT2D eigenvalue weighted by Gasteiger charge is 2.10. The van der Waals surface area contributed by atoms with E-state index in [1.54, 1.807) is 12.1 Å². The molecule has 2 N–H and O–H groups in total. The van der Waals surface area contributed by atoms with Crippen LogP contribution in [-0.4, -0.2) is 23.5 Å². The van der Waals surface area contributed by atoms with Crippen molar-refractivity contribution >= 4 is 16.8 Å². The Balaban J connectivity index is 3.10. The molecule has 1 aromatic carbocycles. The Bertz CT molecular complexity index is 366. The molecule has 0 bridgehead atoms. The molecule has 1 rings (SSSR count). The Kier molecular flexibility index (Phi) is 4.32. The number of ether oxygens (including phenoxy) is 1.